The van der Waals surface area contributed by atoms with Crippen molar-refractivity contribution >= 4 is 17.7 Å². The highest BCUT2D eigenvalue weighted by Crippen LogP contribution is 2.59. The molecule has 2 bridgehead atoms. The second-order valence-electron chi connectivity index (χ2n) is 10.2. The molecule has 0 saturated carbocycles. The summed E-state index contributed by atoms with van der Waals surface area (Å²) in [6.07, 6.45) is 5.89. The third-order valence-electron chi connectivity index (χ3n) is 7.79. The van der Waals surface area contributed by atoms with Gasteiger partial charge in [0, 0.05) is 26.7 Å². The van der Waals surface area contributed by atoms with Crippen molar-refractivity contribution in [1.29, 1.82) is 0 Å². The first-order valence-electron chi connectivity index (χ1n) is 12.6. The highest BCUT2D eigenvalue weighted by molar-refractivity contribution is 5.99. The molecule has 8 nitrogen and oxygen atoms in total. The number of unbranched alkanes of at least 4 members (excludes halogenated alkanes) is 1. The lowest BCUT2D eigenvalue weighted by Crippen LogP contribution is -2.59. The van der Waals surface area contributed by atoms with E-state index in [1.54, 1.807) is 33.9 Å². The van der Waals surface area contributed by atoms with Gasteiger partial charge in [0.2, 0.25) is 17.7 Å². The van der Waals surface area contributed by atoms with Crippen LogP contribution in [0.5, 0.6) is 0 Å². The topological polar surface area (TPSA) is 90.4 Å². The fraction of sp³-hybridized carbons (Fsp3) is 0.731. The van der Waals surface area contributed by atoms with Crippen molar-refractivity contribution < 1.29 is 24.2 Å². The molecule has 6 atom stereocenters. The number of fused-ring (bicyclic) bond motifs is 1. The predicted octanol–water partition coefficient (Wildman–Crippen LogP) is 1.84. The van der Waals surface area contributed by atoms with E-state index in [0.717, 1.165) is 12.8 Å². The maximum atomic E-state index is 14.1. The highest BCUT2D eigenvalue weighted by Gasteiger charge is 2.75. The fourth-order valence-electron chi connectivity index (χ4n) is 6.14. The maximum Gasteiger partial charge on any atom is 0.248 e. The van der Waals surface area contributed by atoms with E-state index in [1.165, 1.54) is 0 Å². The first-order valence-corrected chi connectivity index (χ1v) is 12.6. The van der Waals surface area contributed by atoms with Crippen LogP contribution in [0.15, 0.2) is 25.3 Å². The minimum absolute atomic E-state index is 0.0715. The molecule has 0 aliphatic carbocycles. The molecule has 190 valence electrons. The smallest absolute Gasteiger partial charge is 0.248 e. The molecule has 0 aromatic carbocycles. The summed E-state index contributed by atoms with van der Waals surface area (Å²) in [6, 6.07) is -1.41. The van der Waals surface area contributed by atoms with E-state index < -0.39 is 29.5 Å². The number of likely N-dealkylation sites (N-methyl/N-ethyl adjacent to an activating group) is 1. The summed E-state index contributed by atoms with van der Waals surface area (Å²) in [5.74, 6) is -2.04. The number of hydrogen-bond donors (Lipinski definition) is 1. The van der Waals surface area contributed by atoms with Gasteiger partial charge in [0.25, 0.3) is 0 Å². The lowest BCUT2D eigenvalue weighted by molar-refractivity contribution is -0.152. The molecule has 0 aromatic rings. The van der Waals surface area contributed by atoms with Crippen molar-refractivity contribution in [3.63, 3.8) is 0 Å². The van der Waals surface area contributed by atoms with Crippen LogP contribution >= 0.6 is 0 Å². The number of hydrogen-bond acceptors (Lipinski definition) is 5. The summed E-state index contributed by atoms with van der Waals surface area (Å²) in [5, 5.41) is 10.3. The number of carbonyl (C=O) groups is 3. The third-order valence-corrected chi connectivity index (χ3v) is 7.79. The summed E-state index contributed by atoms with van der Waals surface area (Å²) in [7, 11) is 1.70. The molecule has 3 saturated heterocycles. The van der Waals surface area contributed by atoms with Gasteiger partial charge in [0.1, 0.15) is 11.6 Å². The number of aliphatic hydroxyl groups excluding tert-OH is 1. The Kier molecular flexibility index (Phi) is 8.24. The highest BCUT2D eigenvalue weighted by atomic mass is 16.5. The van der Waals surface area contributed by atoms with Gasteiger partial charge in [-0.2, -0.15) is 0 Å². The first kappa shape index (κ1) is 26.4. The van der Waals surface area contributed by atoms with Crippen molar-refractivity contribution in [2.24, 2.45) is 17.8 Å². The van der Waals surface area contributed by atoms with Gasteiger partial charge >= 0.3 is 0 Å². The Bertz CT molecular complexity index is 814. The molecular weight excluding hydrogens is 434 g/mol. The molecule has 0 radical (unpaired) electrons. The van der Waals surface area contributed by atoms with Gasteiger partial charge in [0.15, 0.2) is 0 Å². The van der Waals surface area contributed by atoms with Crippen molar-refractivity contribution in [1.82, 2.24) is 14.7 Å². The van der Waals surface area contributed by atoms with Crippen LogP contribution in [-0.2, 0) is 19.1 Å². The quantitative estimate of drug-likeness (QED) is 0.435. The van der Waals surface area contributed by atoms with Gasteiger partial charge in [-0.15, -0.1) is 13.2 Å². The van der Waals surface area contributed by atoms with Gasteiger partial charge in [-0.25, -0.2) is 0 Å². The molecule has 3 aliphatic rings. The lowest BCUT2D eigenvalue weighted by atomic mass is 9.70. The molecule has 2 unspecified atom stereocenters. The van der Waals surface area contributed by atoms with Crippen LogP contribution in [-0.4, -0.2) is 94.6 Å². The Morgan fingerprint density at radius 2 is 1.94 bits per heavy atom. The molecule has 3 heterocycles. The Balaban J connectivity index is 2.08. The molecule has 3 aliphatic heterocycles. The van der Waals surface area contributed by atoms with Crippen LogP contribution in [0.3, 0.4) is 0 Å². The van der Waals surface area contributed by atoms with Crippen molar-refractivity contribution in [2.45, 2.75) is 70.2 Å². The van der Waals surface area contributed by atoms with Crippen LogP contribution < -0.4 is 0 Å². The van der Waals surface area contributed by atoms with E-state index >= 15 is 0 Å². The zero-order chi connectivity index (χ0) is 25.2. The lowest BCUT2D eigenvalue weighted by Gasteiger charge is -2.40. The Hall–Kier alpha value is -2.19. The molecule has 8 heteroatoms. The van der Waals surface area contributed by atoms with E-state index in [4.69, 9.17) is 4.74 Å². The number of rotatable bonds is 12. The van der Waals surface area contributed by atoms with Crippen LogP contribution in [0.1, 0.15) is 46.5 Å². The summed E-state index contributed by atoms with van der Waals surface area (Å²) in [5.41, 5.74) is -1.05. The molecule has 34 heavy (non-hydrogen) atoms. The second kappa shape index (κ2) is 10.6. The minimum Gasteiger partial charge on any atom is -0.394 e. The van der Waals surface area contributed by atoms with Gasteiger partial charge < -0.3 is 24.5 Å². The van der Waals surface area contributed by atoms with Gasteiger partial charge in [-0.05, 0) is 25.2 Å². The van der Waals surface area contributed by atoms with Crippen molar-refractivity contribution in [3.05, 3.63) is 25.3 Å². The van der Waals surface area contributed by atoms with Gasteiger partial charge in [-0.3, -0.25) is 14.4 Å². The molecule has 1 N–H and O–H groups in total. The van der Waals surface area contributed by atoms with Gasteiger partial charge in [-0.1, -0.05) is 39.3 Å². The van der Waals surface area contributed by atoms with Crippen molar-refractivity contribution in [3.8, 4) is 0 Å². The Labute approximate surface area is 203 Å². The summed E-state index contributed by atoms with van der Waals surface area (Å²) in [4.78, 5) is 46.4. The monoisotopic (exact) mass is 475 g/mol. The van der Waals surface area contributed by atoms with E-state index in [-0.39, 0.29) is 36.4 Å². The molecule has 3 amide bonds. The zero-order valence-corrected chi connectivity index (χ0v) is 21.1. The fourth-order valence-corrected chi connectivity index (χ4v) is 6.14. The van der Waals surface area contributed by atoms with Gasteiger partial charge in [0.05, 0.1) is 30.6 Å². The number of ether oxygens (including phenoxy) is 1. The van der Waals surface area contributed by atoms with Crippen LogP contribution in [0.4, 0.5) is 0 Å². The maximum absolute atomic E-state index is 14.1. The number of carbonyl (C=O) groups excluding carboxylic acids is 3. The van der Waals surface area contributed by atoms with E-state index in [0.29, 0.717) is 32.5 Å². The molecule has 1 spiro atoms. The number of likely N-dealkylation sites (tertiary alicyclic amines) is 1. The molecule has 3 rings (SSSR count). The van der Waals surface area contributed by atoms with Crippen LogP contribution in [0.25, 0.3) is 0 Å². The van der Waals surface area contributed by atoms with E-state index in [1.807, 2.05) is 13.8 Å². The number of amides is 3. The predicted molar refractivity (Wildman–Crippen MR) is 130 cm³/mol. The molecular formula is C26H41N3O5. The Morgan fingerprint density at radius 1 is 1.26 bits per heavy atom. The molecule has 3 fully saturated rings. The van der Waals surface area contributed by atoms with E-state index in [9.17, 15) is 19.5 Å². The number of nitrogens with zero attached hydrogens (tertiary/aromatic N) is 3. The SMILES string of the molecule is C=CCN(C)C(=O)[C@@H]1[C@H]2C(=O)N([C@@H](CO)C(C)C)C(C(=O)N(CC=C)CCCC)C23CC[C@H]1O3. The average Bonchev–Trinajstić information content (AvgIpc) is 3.44. The van der Waals surface area contributed by atoms with E-state index in [2.05, 4.69) is 20.1 Å². The summed E-state index contributed by atoms with van der Waals surface area (Å²) < 4.78 is 6.50. The van der Waals surface area contributed by atoms with Crippen LogP contribution in [0, 0.1) is 17.8 Å². The molecule has 0 aromatic heterocycles. The standard InChI is InChI=1S/C26H41N3O5/c1-7-10-15-28(14-9-3)25(33)22-26-12-11-19(34-26)20(23(31)27(6)13-8-2)21(26)24(32)29(22)18(16-30)17(4)5/h8-9,17-22,30H,2-3,7,10-16H2,1,4-6H3/t18-,19+,20-,21-,22?,26?/m0/s1. The largest absolute Gasteiger partial charge is 0.394 e. The first-order chi connectivity index (χ1) is 16.2. The Morgan fingerprint density at radius 3 is 2.50 bits per heavy atom. The third kappa shape index (κ3) is 4.19. The number of aliphatic hydroxyl groups is 1. The van der Waals surface area contributed by atoms with Crippen molar-refractivity contribution in [2.75, 3.05) is 33.3 Å². The normalized spacial score (nSPS) is 30.4. The summed E-state index contributed by atoms with van der Waals surface area (Å²) in [6.45, 7) is 14.5. The zero-order valence-electron chi connectivity index (χ0n) is 21.1. The minimum atomic E-state index is -1.05. The second-order valence-corrected chi connectivity index (χ2v) is 10.2. The van der Waals surface area contributed by atoms with Crippen LogP contribution in [0.2, 0.25) is 0 Å². The average molecular weight is 476 g/mol. The summed E-state index contributed by atoms with van der Waals surface area (Å²) >= 11 is 0.